The summed E-state index contributed by atoms with van der Waals surface area (Å²) in [5, 5.41) is 8.77. The number of rotatable bonds is 3. The predicted octanol–water partition coefficient (Wildman–Crippen LogP) is 3.62. The van der Waals surface area contributed by atoms with Gasteiger partial charge >= 0.3 is 6.18 Å². The SMILES string of the molecule is CS(=O)(=O)Nc1ccc(-c2ccc(C#N)c(C(F)(F)F)c2)cc1. The Morgan fingerprint density at radius 3 is 2.09 bits per heavy atom. The van der Waals surface area contributed by atoms with Gasteiger partial charge in [0.2, 0.25) is 10.0 Å². The monoisotopic (exact) mass is 340 g/mol. The highest BCUT2D eigenvalue weighted by Crippen LogP contribution is 2.35. The van der Waals surface area contributed by atoms with E-state index in [9.17, 15) is 21.6 Å². The molecule has 2 rings (SSSR count). The molecule has 0 saturated carbocycles. The lowest BCUT2D eigenvalue weighted by molar-refractivity contribution is -0.137. The van der Waals surface area contributed by atoms with Gasteiger partial charge in [-0.2, -0.15) is 18.4 Å². The van der Waals surface area contributed by atoms with Crippen LogP contribution in [0, 0.1) is 11.3 Å². The van der Waals surface area contributed by atoms with E-state index in [1.54, 1.807) is 0 Å². The van der Waals surface area contributed by atoms with E-state index in [-0.39, 0.29) is 5.56 Å². The summed E-state index contributed by atoms with van der Waals surface area (Å²) in [5.74, 6) is 0. The third kappa shape index (κ3) is 4.23. The number of sulfonamides is 1. The van der Waals surface area contributed by atoms with E-state index in [2.05, 4.69) is 4.72 Å². The standard InChI is InChI=1S/C15H11F3N2O2S/c1-23(21,22)20-13-6-4-10(5-7-13)11-2-3-12(9-19)14(8-11)15(16,17)18/h2-8,20H,1H3. The molecule has 0 unspecified atom stereocenters. The molecule has 120 valence electrons. The number of nitrogens with one attached hydrogen (secondary N) is 1. The number of halogens is 3. The fourth-order valence-corrected chi connectivity index (χ4v) is 2.56. The zero-order valence-corrected chi connectivity index (χ0v) is 12.7. The minimum Gasteiger partial charge on any atom is -0.284 e. The molecule has 0 radical (unpaired) electrons. The molecule has 0 aliphatic rings. The van der Waals surface area contributed by atoms with E-state index in [1.165, 1.54) is 36.4 Å². The van der Waals surface area contributed by atoms with Crippen LogP contribution < -0.4 is 4.72 Å². The zero-order valence-electron chi connectivity index (χ0n) is 11.8. The number of alkyl halides is 3. The molecule has 0 aromatic heterocycles. The molecular formula is C15H11F3N2O2S. The van der Waals surface area contributed by atoms with Crippen molar-refractivity contribution in [1.82, 2.24) is 0 Å². The molecule has 0 fully saturated rings. The number of nitrogens with zero attached hydrogens (tertiary/aromatic N) is 1. The Labute approximate surface area is 131 Å². The van der Waals surface area contributed by atoms with Gasteiger partial charge in [-0.3, -0.25) is 4.72 Å². The summed E-state index contributed by atoms with van der Waals surface area (Å²) in [7, 11) is -3.42. The summed E-state index contributed by atoms with van der Waals surface area (Å²) < 4.78 is 63.4. The average Bonchev–Trinajstić information content (AvgIpc) is 2.45. The van der Waals surface area contributed by atoms with Crippen LogP contribution in [0.2, 0.25) is 0 Å². The minimum atomic E-state index is -4.63. The van der Waals surface area contributed by atoms with E-state index < -0.39 is 27.3 Å². The molecule has 23 heavy (non-hydrogen) atoms. The van der Waals surface area contributed by atoms with Crippen molar-refractivity contribution in [3.8, 4) is 17.2 Å². The normalized spacial score (nSPS) is 11.8. The Morgan fingerprint density at radius 2 is 1.61 bits per heavy atom. The first-order valence-electron chi connectivity index (χ1n) is 6.30. The topological polar surface area (TPSA) is 70.0 Å². The van der Waals surface area contributed by atoms with Crippen LogP contribution in [0.4, 0.5) is 18.9 Å². The van der Waals surface area contributed by atoms with Crippen LogP contribution in [0.5, 0.6) is 0 Å². The molecular weight excluding hydrogens is 329 g/mol. The second-order valence-electron chi connectivity index (χ2n) is 4.82. The molecule has 0 aliphatic heterocycles. The lowest BCUT2D eigenvalue weighted by Gasteiger charge is -2.11. The number of hydrogen-bond donors (Lipinski definition) is 1. The molecule has 1 N–H and O–H groups in total. The Hall–Kier alpha value is -2.53. The van der Waals surface area contributed by atoms with Crippen molar-refractivity contribution in [2.45, 2.75) is 6.18 Å². The van der Waals surface area contributed by atoms with Gasteiger partial charge in [0.1, 0.15) is 0 Å². The molecule has 2 aromatic carbocycles. The third-order valence-electron chi connectivity index (χ3n) is 2.97. The number of benzene rings is 2. The molecule has 0 atom stereocenters. The maximum Gasteiger partial charge on any atom is 0.417 e. The Morgan fingerprint density at radius 1 is 1.04 bits per heavy atom. The largest absolute Gasteiger partial charge is 0.417 e. The maximum atomic E-state index is 13.0. The highest BCUT2D eigenvalue weighted by atomic mass is 32.2. The number of hydrogen-bond acceptors (Lipinski definition) is 3. The predicted molar refractivity (Wildman–Crippen MR) is 80.1 cm³/mol. The van der Waals surface area contributed by atoms with E-state index in [4.69, 9.17) is 5.26 Å². The van der Waals surface area contributed by atoms with E-state index in [0.717, 1.165) is 18.4 Å². The van der Waals surface area contributed by atoms with Crippen LogP contribution in [0.15, 0.2) is 42.5 Å². The van der Waals surface area contributed by atoms with Crippen LogP contribution in [0.25, 0.3) is 11.1 Å². The lowest BCUT2D eigenvalue weighted by atomic mass is 9.99. The Balaban J connectivity index is 2.42. The first kappa shape index (κ1) is 16.8. The molecule has 0 heterocycles. The highest BCUT2D eigenvalue weighted by Gasteiger charge is 2.33. The molecule has 0 aliphatic carbocycles. The summed E-state index contributed by atoms with van der Waals surface area (Å²) in [6, 6.07) is 10.8. The molecule has 0 spiro atoms. The van der Waals surface area contributed by atoms with Crippen molar-refractivity contribution in [1.29, 1.82) is 5.26 Å². The van der Waals surface area contributed by atoms with Crippen molar-refractivity contribution < 1.29 is 21.6 Å². The second kappa shape index (κ2) is 5.93. The third-order valence-corrected chi connectivity index (χ3v) is 3.57. The Bertz CT molecular complexity index is 867. The van der Waals surface area contributed by atoms with Crippen molar-refractivity contribution >= 4 is 15.7 Å². The van der Waals surface area contributed by atoms with Crippen LogP contribution in [0.1, 0.15) is 11.1 Å². The van der Waals surface area contributed by atoms with Crippen LogP contribution in [0.3, 0.4) is 0 Å². The maximum absolute atomic E-state index is 13.0. The summed E-state index contributed by atoms with van der Waals surface area (Å²) in [4.78, 5) is 0. The summed E-state index contributed by atoms with van der Waals surface area (Å²) in [5.41, 5.74) is -0.394. The van der Waals surface area contributed by atoms with Gasteiger partial charge in [-0.1, -0.05) is 18.2 Å². The quantitative estimate of drug-likeness (QED) is 0.928. The van der Waals surface area contributed by atoms with Gasteiger partial charge < -0.3 is 0 Å². The zero-order chi connectivity index (χ0) is 17.3. The van der Waals surface area contributed by atoms with Gasteiger partial charge in [-0.15, -0.1) is 0 Å². The first-order valence-corrected chi connectivity index (χ1v) is 8.19. The summed E-state index contributed by atoms with van der Waals surface area (Å²) in [6.45, 7) is 0. The molecule has 8 heteroatoms. The molecule has 4 nitrogen and oxygen atoms in total. The fourth-order valence-electron chi connectivity index (χ4n) is 2.00. The fraction of sp³-hybridized carbons (Fsp3) is 0.133. The minimum absolute atomic E-state index is 0.280. The molecule has 0 bridgehead atoms. The van der Waals surface area contributed by atoms with Crippen LogP contribution in [-0.4, -0.2) is 14.7 Å². The van der Waals surface area contributed by atoms with Crippen LogP contribution >= 0.6 is 0 Å². The van der Waals surface area contributed by atoms with E-state index in [0.29, 0.717) is 11.3 Å². The van der Waals surface area contributed by atoms with Gasteiger partial charge in [0.25, 0.3) is 0 Å². The van der Waals surface area contributed by atoms with Gasteiger partial charge in [0, 0.05) is 5.69 Å². The second-order valence-corrected chi connectivity index (χ2v) is 6.57. The van der Waals surface area contributed by atoms with Gasteiger partial charge in [-0.05, 0) is 35.4 Å². The number of anilines is 1. The average molecular weight is 340 g/mol. The Kier molecular flexibility index (Phi) is 4.34. The van der Waals surface area contributed by atoms with E-state index >= 15 is 0 Å². The van der Waals surface area contributed by atoms with Gasteiger partial charge in [-0.25, -0.2) is 8.42 Å². The van der Waals surface area contributed by atoms with Gasteiger partial charge in [0.05, 0.1) is 23.5 Å². The molecule has 0 amide bonds. The highest BCUT2D eigenvalue weighted by molar-refractivity contribution is 7.92. The molecule has 0 saturated heterocycles. The molecule has 2 aromatic rings. The summed E-state index contributed by atoms with van der Waals surface area (Å²) >= 11 is 0. The van der Waals surface area contributed by atoms with Crippen molar-refractivity contribution in [3.63, 3.8) is 0 Å². The lowest BCUT2D eigenvalue weighted by Crippen LogP contribution is -2.09. The van der Waals surface area contributed by atoms with Gasteiger partial charge in [0.15, 0.2) is 0 Å². The smallest absolute Gasteiger partial charge is 0.284 e. The van der Waals surface area contributed by atoms with Crippen LogP contribution in [-0.2, 0) is 16.2 Å². The van der Waals surface area contributed by atoms with E-state index in [1.807, 2.05) is 0 Å². The number of nitriles is 1. The van der Waals surface area contributed by atoms with Crippen molar-refractivity contribution in [2.24, 2.45) is 0 Å². The first-order chi connectivity index (χ1) is 10.6. The van der Waals surface area contributed by atoms with Crippen molar-refractivity contribution in [2.75, 3.05) is 11.0 Å². The summed E-state index contributed by atoms with van der Waals surface area (Å²) in [6.07, 6.45) is -3.63. The van der Waals surface area contributed by atoms with Crippen molar-refractivity contribution in [3.05, 3.63) is 53.6 Å².